The van der Waals surface area contributed by atoms with Gasteiger partial charge in [-0.05, 0) is 64.8 Å². The largest absolute Gasteiger partial charge is 0.355 e. The summed E-state index contributed by atoms with van der Waals surface area (Å²) in [6.45, 7) is 9.10. The normalized spacial score (nSPS) is 18.9. The lowest BCUT2D eigenvalue weighted by Crippen LogP contribution is -2.62. The number of piperidine rings is 1. The van der Waals surface area contributed by atoms with Crippen molar-refractivity contribution in [2.45, 2.75) is 57.7 Å². The van der Waals surface area contributed by atoms with E-state index < -0.39 is 0 Å². The van der Waals surface area contributed by atoms with Gasteiger partial charge in [0.05, 0.1) is 11.2 Å². The summed E-state index contributed by atoms with van der Waals surface area (Å²) in [7, 11) is 2.13. The number of nitrogens with one attached hydrogen (secondary N) is 1. The van der Waals surface area contributed by atoms with Crippen molar-refractivity contribution in [3.05, 3.63) is 48.7 Å². The lowest BCUT2D eigenvalue weighted by atomic mass is 9.79. The molecule has 0 amide bonds. The van der Waals surface area contributed by atoms with Crippen molar-refractivity contribution in [2.24, 2.45) is 0 Å². The summed E-state index contributed by atoms with van der Waals surface area (Å²) in [4.78, 5) is 6.72. The Hall–Kier alpha value is -2.53. The minimum atomic E-state index is 0.103. The van der Waals surface area contributed by atoms with E-state index in [9.17, 15) is 0 Å². The third-order valence-electron chi connectivity index (χ3n) is 5.63. The molecule has 5 nitrogen and oxygen atoms in total. The van der Waals surface area contributed by atoms with Crippen LogP contribution < -0.4 is 10.2 Å². The first-order valence-corrected chi connectivity index (χ1v) is 9.94. The Kier molecular flexibility index (Phi) is 4.58. The van der Waals surface area contributed by atoms with E-state index in [0.717, 1.165) is 40.8 Å². The summed E-state index contributed by atoms with van der Waals surface area (Å²) in [6.07, 6.45) is 3.97. The number of fused-ring (bicyclic) bond motifs is 1. The number of aromatic nitrogens is 3. The molecule has 0 radical (unpaired) electrons. The Bertz CT molecular complexity index is 962. The first-order valence-electron chi connectivity index (χ1n) is 9.94. The third-order valence-corrected chi connectivity index (χ3v) is 5.63. The zero-order valence-corrected chi connectivity index (χ0v) is 17.4. The zero-order chi connectivity index (χ0) is 19.9. The monoisotopic (exact) mass is 375 g/mol. The number of pyridine rings is 1. The Morgan fingerprint density at radius 3 is 2.39 bits per heavy atom. The number of hydrogen-bond donors (Lipinski definition) is 1. The van der Waals surface area contributed by atoms with Gasteiger partial charge in [-0.1, -0.05) is 18.2 Å². The highest BCUT2D eigenvalue weighted by Gasteiger charge is 2.39. The molecule has 0 spiro atoms. The van der Waals surface area contributed by atoms with Crippen LogP contribution in [0.15, 0.2) is 48.7 Å². The zero-order valence-electron chi connectivity index (χ0n) is 17.4. The average molecular weight is 376 g/mol. The van der Waals surface area contributed by atoms with Crippen molar-refractivity contribution in [1.82, 2.24) is 20.5 Å². The molecule has 1 aromatic carbocycles. The molecular weight excluding hydrogens is 346 g/mol. The molecule has 5 heteroatoms. The Balaban J connectivity index is 1.57. The fourth-order valence-electron chi connectivity index (χ4n) is 4.62. The van der Waals surface area contributed by atoms with Gasteiger partial charge in [-0.3, -0.25) is 4.98 Å². The topological polar surface area (TPSA) is 53.9 Å². The first kappa shape index (κ1) is 18.8. The van der Waals surface area contributed by atoms with Gasteiger partial charge < -0.3 is 10.2 Å². The van der Waals surface area contributed by atoms with Gasteiger partial charge in [-0.15, -0.1) is 10.2 Å². The fraction of sp³-hybridized carbons (Fsp3) is 0.435. The van der Waals surface area contributed by atoms with Crippen LogP contribution in [0.1, 0.15) is 40.5 Å². The molecule has 1 aliphatic rings. The third kappa shape index (κ3) is 3.85. The second kappa shape index (κ2) is 6.82. The van der Waals surface area contributed by atoms with Gasteiger partial charge in [0.25, 0.3) is 0 Å². The van der Waals surface area contributed by atoms with Crippen LogP contribution >= 0.6 is 0 Å². The predicted octanol–water partition coefficient (Wildman–Crippen LogP) is 4.44. The lowest BCUT2D eigenvalue weighted by molar-refractivity contribution is 0.160. The molecule has 0 saturated carbocycles. The average Bonchev–Trinajstić information content (AvgIpc) is 2.65. The molecule has 3 heterocycles. The Morgan fingerprint density at radius 1 is 0.964 bits per heavy atom. The van der Waals surface area contributed by atoms with E-state index in [1.165, 1.54) is 0 Å². The second-order valence-electron chi connectivity index (χ2n) is 9.25. The van der Waals surface area contributed by atoms with Gasteiger partial charge in [0.1, 0.15) is 0 Å². The molecule has 146 valence electrons. The van der Waals surface area contributed by atoms with Crippen LogP contribution in [0.2, 0.25) is 0 Å². The van der Waals surface area contributed by atoms with Gasteiger partial charge >= 0.3 is 0 Å². The molecular formula is C23H29N5. The van der Waals surface area contributed by atoms with Crippen LogP contribution in [0.4, 0.5) is 5.82 Å². The summed E-state index contributed by atoms with van der Waals surface area (Å²) >= 11 is 0. The van der Waals surface area contributed by atoms with E-state index >= 15 is 0 Å². The predicted molar refractivity (Wildman–Crippen MR) is 115 cm³/mol. The van der Waals surface area contributed by atoms with Crippen molar-refractivity contribution >= 4 is 16.7 Å². The summed E-state index contributed by atoms with van der Waals surface area (Å²) in [5, 5.41) is 13.9. The highest BCUT2D eigenvalue weighted by Crippen LogP contribution is 2.32. The number of hydrogen-bond acceptors (Lipinski definition) is 5. The molecule has 0 aliphatic carbocycles. The fourth-order valence-corrected chi connectivity index (χ4v) is 4.62. The Labute approximate surface area is 167 Å². The van der Waals surface area contributed by atoms with Gasteiger partial charge in [0.15, 0.2) is 5.82 Å². The van der Waals surface area contributed by atoms with Crippen molar-refractivity contribution < 1.29 is 0 Å². The van der Waals surface area contributed by atoms with E-state index in [2.05, 4.69) is 96.5 Å². The maximum atomic E-state index is 4.54. The van der Waals surface area contributed by atoms with E-state index in [4.69, 9.17) is 0 Å². The molecule has 4 rings (SSSR count). The standard InChI is InChI=1S/C23H29N5/c1-22(2)14-18(15-23(3,4)27-22)28(5)21-11-10-19(25-26-21)17-9-8-16-7-6-12-24-20(16)13-17/h6-13,18,27H,14-15H2,1-5H3. The van der Waals surface area contributed by atoms with Crippen LogP contribution in [-0.2, 0) is 0 Å². The summed E-state index contributed by atoms with van der Waals surface area (Å²) in [5.74, 6) is 0.918. The first-order chi connectivity index (χ1) is 13.2. The summed E-state index contributed by atoms with van der Waals surface area (Å²) in [5.41, 5.74) is 3.09. The Morgan fingerprint density at radius 2 is 1.71 bits per heavy atom. The molecule has 0 atom stereocenters. The molecule has 0 bridgehead atoms. The number of anilines is 1. The molecule has 1 saturated heterocycles. The van der Waals surface area contributed by atoms with E-state index in [0.29, 0.717) is 6.04 Å². The SMILES string of the molecule is CN(c1ccc(-c2ccc3cccnc3c2)nn1)C1CC(C)(C)NC(C)(C)C1. The van der Waals surface area contributed by atoms with Gasteiger partial charge in [-0.2, -0.15) is 0 Å². The molecule has 1 aliphatic heterocycles. The molecule has 3 aromatic rings. The summed E-state index contributed by atoms with van der Waals surface area (Å²) < 4.78 is 0. The van der Waals surface area contributed by atoms with E-state index in [1.807, 2.05) is 12.3 Å². The van der Waals surface area contributed by atoms with Crippen molar-refractivity contribution in [1.29, 1.82) is 0 Å². The van der Waals surface area contributed by atoms with Gasteiger partial charge in [0, 0.05) is 41.3 Å². The highest BCUT2D eigenvalue weighted by molar-refractivity contribution is 5.83. The van der Waals surface area contributed by atoms with E-state index in [-0.39, 0.29) is 11.1 Å². The molecule has 28 heavy (non-hydrogen) atoms. The number of rotatable bonds is 3. The van der Waals surface area contributed by atoms with Crippen LogP contribution in [-0.4, -0.2) is 39.3 Å². The minimum absolute atomic E-state index is 0.103. The van der Waals surface area contributed by atoms with Crippen LogP contribution in [0.25, 0.3) is 22.2 Å². The molecule has 1 N–H and O–H groups in total. The highest BCUT2D eigenvalue weighted by atomic mass is 15.3. The van der Waals surface area contributed by atoms with E-state index in [1.54, 1.807) is 0 Å². The van der Waals surface area contributed by atoms with Crippen molar-refractivity contribution in [3.8, 4) is 11.3 Å². The number of nitrogens with zero attached hydrogens (tertiary/aromatic N) is 4. The number of benzene rings is 1. The summed E-state index contributed by atoms with van der Waals surface area (Å²) in [6, 6.07) is 14.8. The second-order valence-corrected chi connectivity index (χ2v) is 9.25. The van der Waals surface area contributed by atoms with Crippen molar-refractivity contribution in [3.63, 3.8) is 0 Å². The quantitative estimate of drug-likeness (QED) is 0.733. The maximum absolute atomic E-state index is 4.54. The molecule has 1 fully saturated rings. The molecule has 2 aromatic heterocycles. The van der Waals surface area contributed by atoms with Crippen molar-refractivity contribution in [2.75, 3.05) is 11.9 Å². The van der Waals surface area contributed by atoms with Crippen LogP contribution in [0.5, 0.6) is 0 Å². The van der Waals surface area contributed by atoms with Crippen LogP contribution in [0.3, 0.4) is 0 Å². The van der Waals surface area contributed by atoms with Gasteiger partial charge in [0.2, 0.25) is 0 Å². The maximum Gasteiger partial charge on any atom is 0.151 e. The van der Waals surface area contributed by atoms with Gasteiger partial charge in [-0.25, -0.2) is 0 Å². The smallest absolute Gasteiger partial charge is 0.151 e. The molecule has 0 unspecified atom stereocenters. The lowest BCUT2D eigenvalue weighted by Gasteiger charge is -2.49. The minimum Gasteiger partial charge on any atom is -0.355 e. The van der Waals surface area contributed by atoms with Crippen LogP contribution in [0, 0.1) is 0 Å².